The standard InChI is InChI=1S/C21H22ClN5OS2/c1-2-3-4-5-11-27-19(16-10-7-12-30-16)24-25-20(27)17(29)18-23-21(28-26-18)14-8-6-9-15(22)13-14/h6-10,12-13,17,29H,2-5,11H2,1H3. The maximum atomic E-state index is 6.08. The van der Waals surface area contributed by atoms with Gasteiger partial charge in [0.1, 0.15) is 5.25 Å². The second-order valence-electron chi connectivity index (χ2n) is 6.94. The summed E-state index contributed by atoms with van der Waals surface area (Å²) in [6, 6.07) is 11.4. The summed E-state index contributed by atoms with van der Waals surface area (Å²) in [7, 11) is 0. The highest BCUT2D eigenvalue weighted by atomic mass is 35.5. The second-order valence-corrected chi connectivity index (χ2v) is 8.84. The van der Waals surface area contributed by atoms with Crippen molar-refractivity contribution in [3.8, 4) is 22.2 Å². The minimum Gasteiger partial charge on any atom is -0.334 e. The number of thiol groups is 1. The number of nitrogens with zero attached hydrogens (tertiary/aromatic N) is 5. The lowest BCUT2D eigenvalue weighted by Gasteiger charge is -2.12. The molecule has 0 spiro atoms. The molecule has 9 heteroatoms. The number of thiophene rings is 1. The summed E-state index contributed by atoms with van der Waals surface area (Å²) < 4.78 is 7.59. The van der Waals surface area contributed by atoms with Crippen LogP contribution in [0.5, 0.6) is 0 Å². The third-order valence-corrected chi connectivity index (χ3v) is 6.32. The lowest BCUT2D eigenvalue weighted by atomic mass is 10.2. The molecule has 4 rings (SSSR count). The van der Waals surface area contributed by atoms with Crippen molar-refractivity contribution in [2.24, 2.45) is 0 Å². The first-order valence-electron chi connectivity index (χ1n) is 9.92. The Morgan fingerprint density at radius 3 is 2.83 bits per heavy atom. The molecule has 0 radical (unpaired) electrons. The van der Waals surface area contributed by atoms with Crippen molar-refractivity contribution >= 4 is 35.6 Å². The molecule has 0 aliphatic heterocycles. The zero-order chi connectivity index (χ0) is 20.9. The van der Waals surface area contributed by atoms with Gasteiger partial charge in [0.15, 0.2) is 17.5 Å². The highest BCUT2D eigenvalue weighted by Crippen LogP contribution is 2.32. The molecule has 30 heavy (non-hydrogen) atoms. The topological polar surface area (TPSA) is 69.6 Å². The van der Waals surface area contributed by atoms with E-state index in [4.69, 9.17) is 28.8 Å². The fourth-order valence-electron chi connectivity index (χ4n) is 3.22. The predicted molar refractivity (Wildman–Crippen MR) is 123 cm³/mol. The summed E-state index contributed by atoms with van der Waals surface area (Å²) in [5.74, 6) is 2.43. The maximum absolute atomic E-state index is 6.08. The van der Waals surface area contributed by atoms with Crippen LogP contribution in [0.25, 0.3) is 22.2 Å². The normalized spacial score (nSPS) is 12.4. The molecule has 0 aliphatic rings. The van der Waals surface area contributed by atoms with E-state index in [1.165, 1.54) is 12.8 Å². The number of halogens is 1. The van der Waals surface area contributed by atoms with Crippen LogP contribution in [0, 0.1) is 0 Å². The molecule has 0 fully saturated rings. The van der Waals surface area contributed by atoms with Gasteiger partial charge in [-0.2, -0.15) is 17.6 Å². The van der Waals surface area contributed by atoms with Crippen molar-refractivity contribution in [2.75, 3.05) is 0 Å². The third-order valence-electron chi connectivity index (χ3n) is 4.76. The van der Waals surface area contributed by atoms with Crippen LogP contribution in [-0.4, -0.2) is 24.9 Å². The number of hydrogen-bond acceptors (Lipinski definition) is 7. The fraction of sp³-hybridized carbons (Fsp3) is 0.333. The SMILES string of the molecule is CCCCCCn1c(-c2cccs2)nnc1C(S)c1noc(-c2cccc(Cl)c2)n1. The lowest BCUT2D eigenvalue weighted by Crippen LogP contribution is -2.09. The van der Waals surface area contributed by atoms with E-state index in [1.807, 2.05) is 23.6 Å². The minimum absolute atomic E-state index is 0.402. The lowest BCUT2D eigenvalue weighted by molar-refractivity contribution is 0.422. The van der Waals surface area contributed by atoms with Gasteiger partial charge in [-0.3, -0.25) is 0 Å². The predicted octanol–water partition coefficient (Wildman–Crippen LogP) is 6.31. The minimum atomic E-state index is -0.450. The van der Waals surface area contributed by atoms with E-state index in [1.54, 1.807) is 23.5 Å². The molecular weight excluding hydrogens is 438 g/mol. The molecule has 1 aromatic carbocycles. The van der Waals surface area contributed by atoms with E-state index in [9.17, 15) is 0 Å². The van der Waals surface area contributed by atoms with Gasteiger partial charge in [-0.1, -0.05) is 55.1 Å². The van der Waals surface area contributed by atoms with E-state index >= 15 is 0 Å². The van der Waals surface area contributed by atoms with Crippen molar-refractivity contribution in [3.05, 3.63) is 58.4 Å². The number of hydrogen-bond donors (Lipinski definition) is 1. The fourth-order valence-corrected chi connectivity index (χ4v) is 4.43. The molecule has 0 aliphatic carbocycles. The summed E-state index contributed by atoms with van der Waals surface area (Å²) in [5, 5.41) is 15.2. The van der Waals surface area contributed by atoms with Gasteiger partial charge < -0.3 is 9.09 Å². The Labute approximate surface area is 189 Å². The van der Waals surface area contributed by atoms with Gasteiger partial charge in [-0.05, 0) is 36.1 Å². The Morgan fingerprint density at radius 2 is 2.07 bits per heavy atom. The first kappa shape index (κ1) is 21.1. The van der Waals surface area contributed by atoms with Crippen LogP contribution in [0.1, 0.15) is 49.5 Å². The van der Waals surface area contributed by atoms with Crippen molar-refractivity contribution in [3.63, 3.8) is 0 Å². The Morgan fingerprint density at radius 1 is 1.17 bits per heavy atom. The Hall–Kier alpha value is -2.16. The number of rotatable bonds is 9. The molecule has 0 N–H and O–H groups in total. The van der Waals surface area contributed by atoms with E-state index < -0.39 is 5.25 Å². The molecule has 0 saturated carbocycles. The van der Waals surface area contributed by atoms with Gasteiger partial charge in [0.2, 0.25) is 0 Å². The number of aromatic nitrogens is 5. The van der Waals surface area contributed by atoms with Crippen LogP contribution in [0.4, 0.5) is 0 Å². The molecule has 1 unspecified atom stereocenters. The van der Waals surface area contributed by atoms with Crippen molar-refractivity contribution in [1.29, 1.82) is 0 Å². The van der Waals surface area contributed by atoms with Crippen molar-refractivity contribution in [2.45, 2.75) is 44.4 Å². The maximum Gasteiger partial charge on any atom is 0.258 e. The molecule has 1 atom stereocenters. The Balaban J connectivity index is 1.62. The third kappa shape index (κ3) is 4.61. The summed E-state index contributed by atoms with van der Waals surface area (Å²) >= 11 is 12.5. The average Bonchev–Trinajstić information content (AvgIpc) is 3.51. The highest BCUT2D eigenvalue weighted by molar-refractivity contribution is 7.80. The summed E-state index contributed by atoms with van der Waals surface area (Å²) in [5.41, 5.74) is 0.766. The van der Waals surface area contributed by atoms with Crippen LogP contribution in [-0.2, 0) is 6.54 Å². The first-order chi connectivity index (χ1) is 14.7. The van der Waals surface area contributed by atoms with E-state index in [0.29, 0.717) is 16.7 Å². The van der Waals surface area contributed by atoms with Crippen LogP contribution >= 0.6 is 35.6 Å². The van der Waals surface area contributed by atoms with Gasteiger partial charge in [0.05, 0.1) is 4.88 Å². The van der Waals surface area contributed by atoms with Crippen LogP contribution < -0.4 is 0 Å². The van der Waals surface area contributed by atoms with E-state index in [2.05, 4.69) is 37.9 Å². The molecular formula is C21H22ClN5OS2. The van der Waals surface area contributed by atoms with Gasteiger partial charge in [0, 0.05) is 17.1 Å². The molecule has 6 nitrogen and oxygen atoms in total. The Kier molecular flexibility index (Phi) is 6.86. The molecule has 4 aromatic rings. The highest BCUT2D eigenvalue weighted by Gasteiger charge is 2.25. The zero-order valence-electron chi connectivity index (χ0n) is 16.5. The monoisotopic (exact) mass is 459 g/mol. The van der Waals surface area contributed by atoms with Crippen LogP contribution in [0.15, 0.2) is 46.3 Å². The van der Waals surface area contributed by atoms with Gasteiger partial charge in [-0.25, -0.2) is 0 Å². The molecule has 3 aromatic heterocycles. The van der Waals surface area contributed by atoms with Gasteiger partial charge in [0.25, 0.3) is 5.89 Å². The average molecular weight is 460 g/mol. The zero-order valence-corrected chi connectivity index (χ0v) is 19.0. The summed E-state index contributed by atoms with van der Waals surface area (Å²) in [6.45, 7) is 3.03. The quantitative estimate of drug-likeness (QED) is 0.234. The van der Waals surface area contributed by atoms with E-state index in [0.717, 1.165) is 41.5 Å². The summed E-state index contributed by atoms with van der Waals surface area (Å²) in [6.07, 6.45) is 4.62. The van der Waals surface area contributed by atoms with Crippen LogP contribution in [0.2, 0.25) is 5.02 Å². The molecule has 156 valence electrons. The molecule has 0 amide bonds. The smallest absolute Gasteiger partial charge is 0.258 e. The van der Waals surface area contributed by atoms with Crippen LogP contribution in [0.3, 0.4) is 0 Å². The van der Waals surface area contributed by atoms with Gasteiger partial charge >= 0.3 is 0 Å². The van der Waals surface area contributed by atoms with Gasteiger partial charge in [-0.15, -0.1) is 21.5 Å². The largest absolute Gasteiger partial charge is 0.334 e. The van der Waals surface area contributed by atoms with Crippen molar-refractivity contribution in [1.82, 2.24) is 24.9 Å². The molecule has 3 heterocycles. The molecule has 0 bridgehead atoms. The Bertz CT molecular complexity index is 1090. The first-order valence-corrected chi connectivity index (χ1v) is 11.7. The molecule has 0 saturated heterocycles. The number of benzene rings is 1. The summed E-state index contributed by atoms with van der Waals surface area (Å²) in [4.78, 5) is 5.61. The number of unbranched alkanes of at least 4 members (excludes halogenated alkanes) is 3. The second kappa shape index (κ2) is 9.76. The van der Waals surface area contributed by atoms with Crippen molar-refractivity contribution < 1.29 is 4.52 Å². The van der Waals surface area contributed by atoms with E-state index in [-0.39, 0.29) is 0 Å².